The van der Waals surface area contributed by atoms with Crippen LogP contribution in [-0.2, 0) is 11.3 Å². The van der Waals surface area contributed by atoms with E-state index < -0.39 is 11.8 Å². The summed E-state index contributed by atoms with van der Waals surface area (Å²) in [5, 5.41) is 8.82. The number of aliphatic carboxylic acids is 1. The fraction of sp³-hybridized carbons (Fsp3) is 0.500. The van der Waals surface area contributed by atoms with E-state index in [1.54, 1.807) is 24.0 Å². The van der Waals surface area contributed by atoms with Gasteiger partial charge in [0.1, 0.15) is 0 Å². The van der Waals surface area contributed by atoms with Gasteiger partial charge in [0.05, 0.1) is 13.2 Å². The van der Waals surface area contributed by atoms with Crippen LogP contribution in [-0.4, -0.2) is 35.7 Å². The van der Waals surface area contributed by atoms with Crippen molar-refractivity contribution in [3.63, 3.8) is 0 Å². The van der Waals surface area contributed by atoms with Crippen molar-refractivity contribution in [2.45, 2.75) is 26.8 Å². The van der Waals surface area contributed by atoms with Crippen LogP contribution in [0.15, 0.2) is 18.2 Å². The maximum atomic E-state index is 13.7. The highest BCUT2D eigenvalue weighted by Gasteiger charge is 2.11. The number of halogens is 1. The summed E-state index contributed by atoms with van der Waals surface area (Å²) in [6.07, 6.45) is 0.854. The normalized spacial score (nSPS) is 10.7. The first kappa shape index (κ1) is 15.4. The molecule has 1 aromatic carbocycles. The Kier molecular flexibility index (Phi) is 6.29. The van der Waals surface area contributed by atoms with E-state index >= 15 is 0 Å². The molecular formula is C14H20FNO3. The van der Waals surface area contributed by atoms with E-state index in [-0.39, 0.29) is 12.3 Å². The minimum atomic E-state index is -0.875. The second-order valence-electron chi connectivity index (χ2n) is 4.30. The molecule has 4 nitrogen and oxygen atoms in total. The Balaban J connectivity index is 2.73. The van der Waals surface area contributed by atoms with Crippen molar-refractivity contribution in [1.29, 1.82) is 0 Å². The van der Waals surface area contributed by atoms with Crippen molar-refractivity contribution in [1.82, 2.24) is 4.90 Å². The van der Waals surface area contributed by atoms with E-state index in [1.165, 1.54) is 6.07 Å². The van der Waals surface area contributed by atoms with Crippen LogP contribution in [0.4, 0.5) is 4.39 Å². The number of benzene rings is 1. The molecule has 0 fully saturated rings. The number of hydrogen-bond donors (Lipinski definition) is 1. The van der Waals surface area contributed by atoms with Gasteiger partial charge in [-0.25, -0.2) is 4.39 Å². The molecule has 0 aliphatic carbocycles. The van der Waals surface area contributed by atoms with Crippen LogP contribution in [0, 0.1) is 5.82 Å². The highest BCUT2D eigenvalue weighted by molar-refractivity contribution is 5.69. The van der Waals surface area contributed by atoms with E-state index in [4.69, 9.17) is 9.84 Å². The molecule has 0 spiro atoms. The summed E-state index contributed by atoms with van der Waals surface area (Å²) in [7, 11) is 0. The summed E-state index contributed by atoms with van der Waals surface area (Å²) in [4.78, 5) is 12.5. The topological polar surface area (TPSA) is 49.8 Å². The minimum Gasteiger partial charge on any atom is -0.491 e. The van der Waals surface area contributed by atoms with Crippen LogP contribution in [0.25, 0.3) is 0 Å². The van der Waals surface area contributed by atoms with Crippen LogP contribution in [0.2, 0.25) is 0 Å². The van der Waals surface area contributed by atoms with Crippen LogP contribution < -0.4 is 4.74 Å². The summed E-state index contributed by atoms with van der Waals surface area (Å²) in [5.41, 5.74) is 0.746. The first-order valence-electron chi connectivity index (χ1n) is 6.42. The van der Waals surface area contributed by atoms with Gasteiger partial charge < -0.3 is 9.84 Å². The van der Waals surface area contributed by atoms with Gasteiger partial charge in [-0.15, -0.1) is 0 Å². The maximum Gasteiger partial charge on any atom is 0.317 e. The number of nitrogens with zero attached hydrogens (tertiary/aromatic N) is 1. The van der Waals surface area contributed by atoms with Crippen molar-refractivity contribution in [3.8, 4) is 5.75 Å². The van der Waals surface area contributed by atoms with Crippen LogP contribution in [0.3, 0.4) is 0 Å². The molecule has 1 rings (SSSR count). The second-order valence-corrected chi connectivity index (χ2v) is 4.30. The summed E-state index contributed by atoms with van der Waals surface area (Å²) >= 11 is 0. The highest BCUT2D eigenvalue weighted by Crippen LogP contribution is 2.19. The molecule has 5 heteroatoms. The van der Waals surface area contributed by atoms with Gasteiger partial charge in [0.25, 0.3) is 0 Å². The lowest BCUT2D eigenvalue weighted by molar-refractivity contribution is -0.138. The number of rotatable bonds is 8. The van der Waals surface area contributed by atoms with Crippen molar-refractivity contribution >= 4 is 5.97 Å². The smallest absolute Gasteiger partial charge is 0.317 e. The van der Waals surface area contributed by atoms with Crippen molar-refractivity contribution in [2.75, 3.05) is 19.7 Å². The first-order valence-corrected chi connectivity index (χ1v) is 6.42. The monoisotopic (exact) mass is 269 g/mol. The molecule has 1 aromatic rings. The second kappa shape index (κ2) is 7.74. The predicted molar refractivity (Wildman–Crippen MR) is 70.8 cm³/mol. The minimum absolute atomic E-state index is 0.0390. The zero-order valence-corrected chi connectivity index (χ0v) is 11.4. The molecular weight excluding hydrogens is 249 g/mol. The Morgan fingerprint density at radius 1 is 1.42 bits per heavy atom. The molecule has 0 aliphatic heterocycles. The molecule has 0 atom stereocenters. The molecule has 1 N–H and O–H groups in total. The van der Waals surface area contributed by atoms with E-state index in [2.05, 4.69) is 0 Å². The molecule has 0 aliphatic rings. The zero-order chi connectivity index (χ0) is 14.3. The van der Waals surface area contributed by atoms with Gasteiger partial charge >= 0.3 is 5.97 Å². The zero-order valence-electron chi connectivity index (χ0n) is 11.4. The lowest BCUT2D eigenvalue weighted by Gasteiger charge is -2.19. The van der Waals surface area contributed by atoms with Gasteiger partial charge in [-0.2, -0.15) is 0 Å². The fourth-order valence-electron chi connectivity index (χ4n) is 1.89. The van der Waals surface area contributed by atoms with Gasteiger partial charge in [-0.05, 0) is 37.6 Å². The number of carbonyl (C=O) groups is 1. The maximum absolute atomic E-state index is 13.7. The molecule has 0 aromatic heterocycles. The standard InChI is InChI=1S/C14H20FNO3/c1-3-7-16(10-14(17)18)9-11-5-6-13(19-4-2)12(15)8-11/h5-6,8H,3-4,7,9-10H2,1-2H3,(H,17,18). The van der Waals surface area contributed by atoms with Gasteiger partial charge in [-0.3, -0.25) is 9.69 Å². The number of carboxylic acid groups (broad SMARTS) is 1. The van der Waals surface area contributed by atoms with Crippen molar-refractivity contribution in [2.24, 2.45) is 0 Å². The predicted octanol–water partition coefficient (Wildman–Crippen LogP) is 2.52. The number of ether oxygens (including phenoxy) is 1. The highest BCUT2D eigenvalue weighted by atomic mass is 19.1. The third kappa shape index (κ3) is 5.26. The number of hydrogen-bond acceptors (Lipinski definition) is 3. The van der Waals surface area contributed by atoms with Crippen LogP contribution in [0.5, 0.6) is 5.75 Å². The van der Waals surface area contributed by atoms with Crippen LogP contribution >= 0.6 is 0 Å². The summed E-state index contributed by atoms with van der Waals surface area (Å²) in [6, 6.07) is 4.74. The molecule has 0 heterocycles. The molecule has 0 unspecified atom stereocenters. The first-order chi connectivity index (χ1) is 9.06. The Morgan fingerprint density at radius 3 is 2.68 bits per heavy atom. The van der Waals surface area contributed by atoms with E-state index in [1.807, 2.05) is 6.92 Å². The lowest BCUT2D eigenvalue weighted by Crippen LogP contribution is -2.30. The van der Waals surface area contributed by atoms with Gasteiger partial charge in [0.15, 0.2) is 11.6 Å². The van der Waals surface area contributed by atoms with Gasteiger partial charge in [0.2, 0.25) is 0 Å². The van der Waals surface area contributed by atoms with E-state index in [9.17, 15) is 9.18 Å². The fourth-order valence-corrected chi connectivity index (χ4v) is 1.89. The molecule has 0 radical (unpaired) electrons. The average molecular weight is 269 g/mol. The van der Waals surface area contributed by atoms with E-state index in [0.717, 1.165) is 12.0 Å². The molecule has 0 bridgehead atoms. The summed E-state index contributed by atoms with van der Waals surface area (Å²) < 4.78 is 18.8. The average Bonchev–Trinajstić information content (AvgIpc) is 2.32. The molecule has 106 valence electrons. The largest absolute Gasteiger partial charge is 0.491 e. The summed E-state index contributed by atoms with van der Waals surface area (Å²) in [5.74, 6) is -1.06. The molecule has 0 saturated heterocycles. The quantitative estimate of drug-likeness (QED) is 0.788. The third-order valence-corrected chi connectivity index (χ3v) is 2.60. The third-order valence-electron chi connectivity index (χ3n) is 2.60. The van der Waals surface area contributed by atoms with E-state index in [0.29, 0.717) is 19.7 Å². The molecule has 0 amide bonds. The van der Waals surface area contributed by atoms with Crippen molar-refractivity contribution in [3.05, 3.63) is 29.6 Å². The van der Waals surface area contributed by atoms with Crippen LogP contribution in [0.1, 0.15) is 25.8 Å². The SMILES string of the molecule is CCCN(CC(=O)O)Cc1ccc(OCC)c(F)c1. The Hall–Kier alpha value is -1.62. The molecule has 0 saturated carbocycles. The Labute approximate surface area is 112 Å². The van der Waals surface area contributed by atoms with Crippen molar-refractivity contribution < 1.29 is 19.0 Å². The summed E-state index contributed by atoms with van der Waals surface area (Å²) in [6.45, 7) is 5.24. The molecule has 19 heavy (non-hydrogen) atoms. The van der Waals surface area contributed by atoms with Gasteiger partial charge in [-0.1, -0.05) is 13.0 Å². The lowest BCUT2D eigenvalue weighted by atomic mass is 10.2. The van der Waals surface area contributed by atoms with Gasteiger partial charge in [0, 0.05) is 6.54 Å². The Bertz CT molecular complexity index is 423. The number of carboxylic acids is 1. The Morgan fingerprint density at radius 2 is 2.16 bits per heavy atom.